The van der Waals surface area contributed by atoms with Gasteiger partial charge in [-0.15, -0.1) is 0 Å². The van der Waals surface area contributed by atoms with Crippen LogP contribution in [0.4, 0.5) is 24.5 Å². The van der Waals surface area contributed by atoms with Gasteiger partial charge in [-0.3, -0.25) is 9.69 Å². The molecule has 0 aliphatic carbocycles. The fourth-order valence-corrected chi connectivity index (χ4v) is 1.61. The summed E-state index contributed by atoms with van der Waals surface area (Å²) < 4.78 is 41.2. The van der Waals surface area contributed by atoms with E-state index in [9.17, 15) is 18.0 Å². The van der Waals surface area contributed by atoms with Crippen LogP contribution < -0.4 is 15.8 Å². The number of anilines is 2. The molecular weight excluding hydrogens is 287 g/mol. The first-order valence-electron chi connectivity index (χ1n) is 6.20. The van der Waals surface area contributed by atoms with Crippen molar-refractivity contribution in [3.8, 4) is 5.75 Å². The number of methoxy groups -OCH3 is 1. The number of amides is 1. The molecule has 1 rings (SSSR count). The molecule has 118 valence electrons. The van der Waals surface area contributed by atoms with Crippen molar-refractivity contribution in [1.29, 1.82) is 0 Å². The average Bonchev–Trinajstić information content (AvgIpc) is 2.38. The summed E-state index contributed by atoms with van der Waals surface area (Å²) in [7, 11) is 2.94. The maximum Gasteiger partial charge on any atom is 0.390 e. The monoisotopic (exact) mass is 305 g/mol. The van der Waals surface area contributed by atoms with Crippen molar-refractivity contribution in [2.24, 2.45) is 0 Å². The van der Waals surface area contributed by atoms with Crippen molar-refractivity contribution in [2.45, 2.75) is 12.6 Å². The molecule has 1 amide bonds. The van der Waals surface area contributed by atoms with E-state index in [1.165, 1.54) is 19.1 Å². The highest BCUT2D eigenvalue weighted by atomic mass is 19.4. The number of halogens is 3. The average molecular weight is 305 g/mol. The Morgan fingerprint density at radius 2 is 2.10 bits per heavy atom. The molecule has 0 saturated heterocycles. The van der Waals surface area contributed by atoms with E-state index in [0.29, 0.717) is 17.1 Å². The maximum atomic E-state index is 12.1. The van der Waals surface area contributed by atoms with E-state index in [1.54, 1.807) is 18.2 Å². The maximum absolute atomic E-state index is 12.1. The van der Waals surface area contributed by atoms with Crippen LogP contribution in [0.15, 0.2) is 18.2 Å². The summed E-state index contributed by atoms with van der Waals surface area (Å²) in [5.74, 6) is 0.115. The second-order valence-corrected chi connectivity index (χ2v) is 4.60. The molecule has 21 heavy (non-hydrogen) atoms. The minimum absolute atomic E-state index is 0.151. The van der Waals surface area contributed by atoms with Gasteiger partial charge in [0.15, 0.2) is 0 Å². The Morgan fingerprint density at radius 1 is 1.43 bits per heavy atom. The zero-order chi connectivity index (χ0) is 16.0. The molecule has 0 fully saturated rings. The van der Waals surface area contributed by atoms with Gasteiger partial charge in [0.1, 0.15) is 5.75 Å². The second-order valence-electron chi connectivity index (χ2n) is 4.60. The van der Waals surface area contributed by atoms with Gasteiger partial charge >= 0.3 is 6.18 Å². The second kappa shape index (κ2) is 7.16. The van der Waals surface area contributed by atoms with Gasteiger partial charge in [-0.05, 0) is 19.2 Å². The quantitative estimate of drug-likeness (QED) is 0.790. The summed E-state index contributed by atoms with van der Waals surface area (Å²) >= 11 is 0. The van der Waals surface area contributed by atoms with Crippen molar-refractivity contribution >= 4 is 17.3 Å². The third-order valence-electron chi connectivity index (χ3n) is 2.72. The SMILES string of the molecule is COc1ccc(NC(=O)CN(C)CCC(F)(F)F)c(N)c1. The molecular formula is C13H18F3N3O2. The molecule has 0 unspecified atom stereocenters. The Labute approximate surface area is 120 Å². The summed E-state index contributed by atoms with van der Waals surface area (Å²) in [6, 6.07) is 4.74. The minimum Gasteiger partial charge on any atom is -0.497 e. The molecule has 5 nitrogen and oxygen atoms in total. The Kier molecular flexibility index (Phi) is 5.83. The summed E-state index contributed by atoms with van der Waals surface area (Å²) in [6.07, 6.45) is -5.19. The van der Waals surface area contributed by atoms with Crippen LogP contribution in [0.2, 0.25) is 0 Å². The molecule has 3 N–H and O–H groups in total. The predicted octanol–water partition coefficient (Wildman–Crippen LogP) is 2.10. The Bertz CT molecular complexity index is 492. The topological polar surface area (TPSA) is 67.6 Å². The smallest absolute Gasteiger partial charge is 0.390 e. The normalized spacial score (nSPS) is 11.5. The number of nitrogen functional groups attached to an aromatic ring is 1. The highest BCUT2D eigenvalue weighted by molar-refractivity contribution is 5.95. The van der Waals surface area contributed by atoms with Crippen LogP contribution in [0, 0.1) is 0 Å². The van der Waals surface area contributed by atoms with E-state index in [1.807, 2.05) is 0 Å². The standard InChI is InChI=1S/C13H18F3N3O2/c1-19(6-5-13(14,15)16)8-12(20)18-11-4-3-9(21-2)7-10(11)17/h3-4,7H,5-6,8,17H2,1-2H3,(H,18,20). The molecule has 0 aromatic heterocycles. The van der Waals surface area contributed by atoms with E-state index in [2.05, 4.69) is 5.32 Å². The highest BCUT2D eigenvalue weighted by Gasteiger charge is 2.27. The van der Waals surface area contributed by atoms with Crippen LogP contribution in [-0.2, 0) is 4.79 Å². The zero-order valence-corrected chi connectivity index (χ0v) is 11.8. The largest absolute Gasteiger partial charge is 0.497 e. The first-order chi connectivity index (χ1) is 9.71. The van der Waals surface area contributed by atoms with E-state index in [4.69, 9.17) is 10.5 Å². The van der Waals surface area contributed by atoms with E-state index >= 15 is 0 Å². The van der Waals surface area contributed by atoms with Gasteiger partial charge in [-0.25, -0.2) is 0 Å². The number of alkyl halides is 3. The van der Waals surface area contributed by atoms with Crippen LogP contribution in [-0.4, -0.2) is 44.2 Å². The Hall–Kier alpha value is -1.96. The lowest BCUT2D eigenvalue weighted by molar-refractivity contribution is -0.138. The number of carbonyl (C=O) groups is 1. The molecule has 0 aliphatic heterocycles. The lowest BCUT2D eigenvalue weighted by atomic mass is 10.2. The fourth-order valence-electron chi connectivity index (χ4n) is 1.61. The molecule has 0 heterocycles. The summed E-state index contributed by atoms with van der Waals surface area (Å²) in [5.41, 5.74) is 6.45. The highest BCUT2D eigenvalue weighted by Crippen LogP contribution is 2.24. The van der Waals surface area contributed by atoms with Gasteiger partial charge in [0.25, 0.3) is 0 Å². The Balaban J connectivity index is 2.50. The third-order valence-corrected chi connectivity index (χ3v) is 2.72. The van der Waals surface area contributed by atoms with Gasteiger partial charge in [0.2, 0.25) is 5.91 Å². The number of nitrogens with two attached hydrogens (primary N) is 1. The molecule has 0 radical (unpaired) electrons. The zero-order valence-electron chi connectivity index (χ0n) is 11.8. The molecule has 0 spiro atoms. The summed E-state index contributed by atoms with van der Waals surface area (Å²) in [5, 5.41) is 2.55. The van der Waals surface area contributed by atoms with Gasteiger partial charge < -0.3 is 15.8 Å². The van der Waals surface area contributed by atoms with Gasteiger partial charge in [0, 0.05) is 12.6 Å². The molecule has 1 aromatic rings. The third kappa shape index (κ3) is 6.35. The number of likely N-dealkylation sites (N-methyl/N-ethyl adjacent to an activating group) is 1. The van der Waals surface area contributed by atoms with Crippen molar-refractivity contribution in [2.75, 3.05) is 38.3 Å². The number of rotatable bonds is 6. The van der Waals surface area contributed by atoms with Crippen molar-refractivity contribution in [1.82, 2.24) is 4.90 Å². The number of carbonyl (C=O) groups excluding carboxylic acids is 1. The minimum atomic E-state index is -4.23. The number of hydrogen-bond donors (Lipinski definition) is 2. The Morgan fingerprint density at radius 3 is 2.62 bits per heavy atom. The number of ether oxygens (including phenoxy) is 1. The van der Waals surface area contributed by atoms with Crippen LogP contribution in [0.5, 0.6) is 5.75 Å². The summed E-state index contributed by atoms with van der Waals surface area (Å²) in [4.78, 5) is 13.0. The van der Waals surface area contributed by atoms with Crippen LogP contribution >= 0.6 is 0 Å². The number of nitrogens with one attached hydrogen (secondary N) is 1. The van der Waals surface area contributed by atoms with Crippen molar-refractivity contribution in [3.05, 3.63) is 18.2 Å². The van der Waals surface area contributed by atoms with Gasteiger partial charge in [-0.2, -0.15) is 13.2 Å². The van der Waals surface area contributed by atoms with E-state index < -0.39 is 18.5 Å². The lowest BCUT2D eigenvalue weighted by Gasteiger charge is -2.17. The van der Waals surface area contributed by atoms with Crippen molar-refractivity contribution in [3.63, 3.8) is 0 Å². The van der Waals surface area contributed by atoms with Crippen LogP contribution in [0.3, 0.4) is 0 Å². The van der Waals surface area contributed by atoms with Crippen molar-refractivity contribution < 1.29 is 22.7 Å². The molecule has 0 aliphatic rings. The number of hydrogen-bond acceptors (Lipinski definition) is 4. The lowest BCUT2D eigenvalue weighted by Crippen LogP contribution is -2.32. The van der Waals surface area contributed by atoms with Gasteiger partial charge in [0.05, 0.1) is 31.5 Å². The molecule has 8 heteroatoms. The first-order valence-corrected chi connectivity index (χ1v) is 6.20. The molecule has 0 saturated carbocycles. The van der Waals surface area contributed by atoms with Gasteiger partial charge in [-0.1, -0.05) is 0 Å². The van der Waals surface area contributed by atoms with E-state index in [0.717, 1.165) is 0 Å². The molecule has 0 bridgehead atoms. The van der Waals surface area contributed by atoms with Crippen LogP contribution in [0.1, 0.15) is 6.42 Å². The van der Waals surface area contributed by atoms with Crippen LogP contribution in [0.25, 0.3) is 0 Å². The molecule has 0 atom stereocenters. The number of benzene rings is 1. The molecule has 1 aromatic carbocycles. The van der Waals surface area contributed by atoms with E-state index in [-0.39, 0.29) is 13.1 Å². The number of nitrogens with zero attached hydrogens (tertiary/aromatic N) is 1. The fraction of sp³-hybridized carbons (Fsp3) is 0.462. The predicted molar refractivity (Wildman–Crippen MR) is 74.2 cm³/mol. The first kappa shape index (κ1) is 17.1. The summed E-state index contributed by atoms with van der Waals surface area (Å²) in [6.45, 7) is -0.392.